The van der Waals surface area contributed by atoms with Crippen LogP contribution in [-0.4, -0.2) is 32.0 Å². The van der Waals surface area contributed by atoms with E-state index in [9.17, 15) is 15.3 Å². The highest BCUT2D eigenvalue weighted by Gasteiger charge is 2.15. The number of ether oxygens (including phenoxy) is 2. The van der Waals surface area contributed by atoms with Crippen molar-refractivity contribution in [3.8, 4) is 23.6 Å². The largest absolute Gasteiger partial charge is 0.493 e. The van der Waals surface area contributed by atoms with Crippen molar-refractivity contribution in [1.29, 1.82) is 10.5 Å². The minimum atomic E-state index is -0.411. The van der Waals surface area contributed by atoms with Gasteiger partial charge in [0.15, 0.2) is 11.5 Å². The molecule has 0 aliphatic rings. The Morgan fingerprint density at radius 1 is 1.25 bits per heavy atom. The molecule has 0 atom stereocenters. The van der Waals surface area contributed by atoms with Crippen LogP contribution in [0.25, 0.3) is 6.08 Å². The summed E-state index contributed by atoms with van der Waals surface area (Å²) in [5.74, 6) is 0.250. The van der Waals surface area contributed by atoms with Crippen LogP contribution in [0.5, 0.6) is 11.5 Å². The van der Waals surface area contributed by atoms with Gasteiger partial charge in [-0.1, -0.05) is 29.8 Å². The van der Waals surface area contributed by atoms with Gasteiger partial charge < -0.3 is 14.4 Å². The molecule has 6 nitrogen and oxygen atoms in total. The van der Waals surface area contributed by atoms with Gasteiger partial charge >= 0.3 is 0 Å². The number of carbonyl (C=O) groups is 1. The molecule has 0 saturated carbocycles. The Bertz CT molecular complexity index is 1000. The number of benzene rings is 2. The molecule has 7 heteroatoms. The second-order valence-electron chi connectivity index (χ2n) is 5.96. The van der Waals surface area contributed by atoms with E-state index in [2.05, 4.69) is 6.07 Å². The van der Waals surface area contributed by atoms with Crippen molar-refractivity contribution in [3.63, 3.8) is 0 Å². The number of hydrogen-bond acceptors (Lipinski definition) is 5. The summed E-state index contributed by atoms with van der Waals surface area (Å²) < 4.78 is 11.1. The zero-order valence-corrected chi connectivity index (χ0v) is 16.4. The molecule has 0 aliphatic carbocycles. The Labute approximate surface area is 168 Å². The van der Waals surface area contributed by atoms with Gasteiger partial charge in [0, 0.05) is 19.7 Å². The standard InChI is InChI=1S/C21H18ClN3O3/c1-25(2)21(26)17(12-24)8-14-9-18(22)20(19(10-14)27-3)28-13-16-7-5-4-6-15(16)11-23/h4-10H,13H2,1-3H3/b17-8-. The lowest BCUT2D eigenvalue weighted by Crippen LogP contribution is -2.22. The van der Waals surface area contributed by atoms with Crippen LogP contribution >= 0.6 is 11.6 Å². The summed E-state index contributed by atoms with van der Waals surface area (Å²) in [4.78, 5) is 13.3. The first-order chi connectivity index (χ1) is 13.4. The lowest BCUT2D eigenvalue weighted by Gasteiger charge is -2.14. The van der Waals surface area contributed by atoms with Gasteiger partial charge in [-0.2, -0.15) is 10.5 Å². The number of nitriles is 2. The van der Waals surface area contributed by atoms with Crippen molar-refractivity contribution in [2.45, 2.75) is 6.61 Å². The summed E-state index contributed by atoms with van der Waals surface area (Å²) in [5, 5.41) is 18.7. The highest BCUT2D eigenvalue weighted by Crippen LogP contribution is 2.37. The van der Waals surface area contributed by atoms with E-state index in [0.717, 1.165) is 5.56 Å². The highest BCUT2D eigenvalue weighted by atomic mass is 35.5. The minimum Gasteiger partial charge on any atom is -0.493 e. The molecule has 0 bridgehead atoms. The molecule has 0 saturated heterocycles. The van der Waals surface area contributed by atoms with Gasteiger partial charge in [0.25, 0.3) is 5.91 Å². The second-order valence-corrected chi connectivity index (χ2v) is 6.37. The molecule has 2 aromatic carbocycles. The molecule has 0 fully saturated rings. The van der Waals surface area contributed by atoms with Crippen molar-refractivity contribution >= 4 is 23.6 Å². The maximum atomic E-state index is 12.0. The van der Waals surface area contributed by atoms with Gasteiger partial charge in [-0.15, -0.1) is 0 Å². The zero-order chi connectivity index (χ0) is 20.7. The molecule has 0 radical (unpaired) electrons. The molecule has 0 unspecified atom stereocenters. The summed E-state index contributed by atoms with van der Waals surface area (Å²) in [6.45, 7) is 0.136. The SMILES string of the molecule is COc1cc(/C=C(/C#N)C(=O)N(C)C)cc(Cl)c1OCc1ccccc1C#N. The summed E-state index contributed by atoms with van der Waals surface area (Å²) in [5.41, 5.74) is 1.73. The topological polar surface area (TPSA) is 86.3 Å². The van der Waals surface area contributed by atoms with Crippen molar-refractivity contribution in [2.75, 3.05) is 21.2 Å². The summed E-state index contributed by atoms with van der Waals surface area (Å²) in [7, 11) is 4.60. The molecule has 0 heterocycles. The van der Waals surface area contributed by atoms with E-state index in [0.29, 0.717) is 22.6 Å². The van der Waals surface area contributed by atoms with Gasteiger partial charge in [-0.25, -0.2) is 0 Å². The van der Waals surface area contributed by atoms with Crippen LogP contribution in [0.1, 0.15) is 16.7 Å². The number of likely N-dealkylation sites (N-methyl/N-ethyl adjacent to an activating group) is 1. The first kappa shape index (κ1) is 20.8. The Kier molecular flexibility index (Phi) is 7.03. The Balaban J connectivity index is 2.35. The molecular weight excluding hydrogens is 378 g/mol. The van der Waals surface area contributed by atoms with Crippen LogP contribution in [0.4, 0.5) is 0 Å². The fourth-order valence-corrected chi connectivity index (χ4v) is 2.69. The third-order valence-electron chi connectivity index (χ3n) is 3.83. The zero-order valence-electron chi connectivity index (χ0n) is 15.7. The first-order valence-corrected chi connectivity index (χ1v) is 8.60. The molecular formula is C21H18ClN3O3. The van der Waals surface area contributed by atoms with E-state index in [1.54, 1.807) is 44.4 Å². The fourth-order valence-electron chi connectivity index (χ4n) is 2.42. The van der Waals surface area contributed by atoms with E-state index in [4.69, 9.17) is 21.1 Å². The first-order valence-electron chi connectivity index (χ1n) is 8.23. The summed E-state index contributed by atoms with van der Waals surface area (Å²) >= 11 is 6.34. The normalized spacial score (nSPS) is 10.6. The number of rotatable bonds is 6. The van der Waals surface area contributed by atoms with Crippen molar-refractivity contribution in [2.24, 2.45) is 0 Å². The third-order valence-corrected chi connectivity index (χ3v) is 4.11. The van der Waals surface area contributed by atoms with E-state index in [-0.39, 0.29) is 17.2 Å². The number of halogens is 1. The minimum absolute atomic E-state index is 0.0280. The molecule has 0 aliphatic heterocycles. The van der Waals surface area contributed by atoms with Gasteiger partial charge in [0.1, 0.15) is 18.2 Å². The Hall–Kier alpha value is -3.48. The van der Waals surface area contributed by atoms with Gasteiger partial charge in [-0.3, -0.25) is 4.79 Å². The quantitative estimate of drug-likeness (QED) is 0.548. The summed E-state index contributed by atoms with van der Waals surface area (Å²) in [6, 6.07) is 14.3. The van der Waals surface area contributed by atoms with Crippen LogP contribution in [0.3, 0.4) is 0 Å². The van der Waals surface area contributed by atoms with E-state index in [1.807, 2.05) is 12.1 Å². The molecule has 0 aromatic heterocycles. The Morgan fingerprint density at radius 2 is 1.96 bits per heavy atom. The van der Waals surface area contributed by atoms with Gasteiger partial charge in [0.05, 0.1) is 23.8 Å². The molecule has 0 spiro atoms. The third kappa shape index (κ3) is 4.82. The predicted molar refractivity (Wildman–Crippen MR) is 106 cm³/mol. The van der Waals surface area contributed by atoms with Gasteiger partial charge in [0.2, 0.25) is 0 Å². The van der Waals surface area contributed by atoms with Crippen LogP contribution in [-0.2, 0) is 11.4 Å². The maximum absolute atomic E-state index is 12.0. The smallest absolute Gasteiger partial charge is 0.264 e. The number of methoxy groups -OCH3 is 1. The number of amides is 1. The van der Waals surface area contributed by atoms with Crippen molar-refractivity contribution in [3.05, 3.63) is 63.7 Å². The predicted octanol–water partition coefficient (Wildman–Crippen LogP) is 3.79. The van der Waals surface area contributed by atoms with E-state index >= 15 is 0 Å². The fraction of sp³-hybridized carbons (Fsp3) is 0.190. The summed E-state index contributed by atoms with van der Waals surface area (Å²) in [6.07, 6.45) is 1.44. The molecule has 28 heavy (non-hydrogen) atoms. The maximum Gasteiger partial charge on any atom is 0.264 e. The lowest BCUT2D eigenvalue weighted by atomic mass is 10.1. The van der Waals surface area contributed by atoms with Crippen LogP contribution in [0.2, 0.25) is 5.02 Å². The monoisotopic (exact) mass is 395 g/mol. The number of hydrogen-bond donors (Lipinski definition) is 0. The molecule has 2 rings (SSSR count). The number of carbonyl (C=O) groups excluding carboxylic acids is 1. The van der Waals surface area contributed by atoms with Gasteiger partial charge in [-0.05, 0) is 29.8 Å². The average molecular weight is 396 g/mol. The van der Waals surface area contributed by atoms with Crippen LogP contribution in [0, 0.1) is 22.7 Å². The van der Waals surface area contributed by atoms with Crippen LogP contribution < -0.4 is 9.47 Å². The average Bonchev–Trinajstić information content (AvgIpc) is 2.70. The highest BCUT2D eigenvalue weighted by molar-refractivity contribution is 6.32. The van der Waals surface area contributed by atoms with Crippen molar-refractivity contribution in [1.82, 2.24) is 4.90 Å². The molecule has 0 N–H and O–H groups in total. The lowest BCUT2D eigenvalue weighted by molar-refractivity contribution is -0.124. The van der Waals surface area contributed by atoms with Crippen molar-refractivity contribution < 1.29 is 14.3 Å². The molecule has 1 amide bonds. The van der Waals surface area contributed by atoms with Crippen LogP contribution in [0.15, 0.2) is 42.0 Å². The molecule has 2 aromatic rings. The Morgan fingerprint density at radius 3 is 2.57 bits per heavy atom. The molecule has 142 valence electrons. The second kappa shape index (κ2) is 9.45. The number of nitrogens with zero attached hydrogens (tertiary/aromatic N) is 3. The van der Waals surface area contributed by atoms with E-state index in [1.165, 1.54) is 18.1 Å². The van der Waals surface area contributed by atoms with E-state index < -0.39 is 5.91 Å².